The van der Waals surface area contributed by atoms with Gasteiger partial charge in [-0.15, -0.1) is 0 Å². The van der Waals surface area contributed by atoms with E-state index in [0.29, 0.717) is 32.6 Å². The molecule has 3 fully saturated rings. The average Bonchev–Trinajstić information content (AvgIpc) is 3.65. The highest BCUT2D eigenvalue weighted by Crippen LogP contribution is 2.65. The minimum Gasteiger partial charge on any atom is -0.289 e. The molecule has 8 nitrogen and oxygen atoms in total. The Labute approximate surface area is 220 Å². The first-order chi connectivity index (χ1) is 17.2. The summed E-state index contributed by atoms with van der Waals surface area (Å²) in [7, 11) is 0. The summed E-state index contributed by atoms with van der Waals surface area (Å²) >= 11 is 9.74. The van der Waals surface area contributed by atoms with Crippen LogP contribution in [0.15, 0.2) is 53.0 Å². The Hall–Kier alpha value is -3.04. The summed E-state index contributed by atoms with van der Waals surface area (Å²) < 4.78 is 0.634. The maximum atomic E-state index is 13.8. The summed E-state index contributed by atoms with van der Waals surface area (Å²) in [5.74, 6) is -0.797. The lowest BCUT2D eigenvalue weighted by Gasteiger charge is -2.37. The van der Waals surface area contributed by atoms with Crippen molar-refractivity contribution in [3.8, 4) is 0 Å². The van der Waals surface area contributed by atoms with E-state index in [-0.39, 0.29) is 53.4 Å². The number of aryl methyl sites for hydroxylation is 1. The fourth-order valence-corrected chi connectivity index (χ4v) is 7.00. The Bertz CT molecular complexity index is 1360. The third-order valence-electron chi connectivity index (χ3n) is 8.12. The number of benzene rings is 2. The number of halogens is 2. The number of rotatable bonds is 5. The first-order valence-electron chi connectivity index (χ1n) is 11.7. The van der Waals surface area contributed by atoms with Gasteiger partial charge < -0.3 is 0 Å². The third-order valence-corrected chi connectivity index (χ3v) is 9.31. The van der Waals surface area contributed by atoms with E-state index in [1.165, 1.54) is 34.1 Å². The summed E-state index contributed by atoms with van der Waals surface area (Å²) in [6.07, 6.45) is 5.25. The van der Waals surface area contributed by atoms with E-state index in [1.54, 1.807) is 19.1 Å². The highest BCUT2D eigenvalue weighted by molar-refractivity contribution is 9.10. The van der Waals surface area contributed by atoms with Crippen LogP contribution in [0.1, 0.15) is 22.3 Å². The molecule has 5 aliphatic rings. The number of carbonyl (C=O) groups excluding carboxylic acids is 3. The van der Waals surface area contributed by atoms with Gasteiger partial charge >= 0.3 is 0 Å². The molecule has 4 aliphatic carbocycles. The number of imide groups is 1. The molecule has 0 aromatic heterocycles. The summed E-state index contributed by atoms with van der Waals surface area (Å²) in [6.45, 7) is 1.50. The molecule has 3 amide bonds. The van der Waals surface area contributed by atoms with Crippen LogP contribution in [0.5, 0.6) is 0 Å². The van der Waals surface area contributed by atoms with Crippen molar-refractivity contribution in [2.24, 2.45) is 35.5 Å². The quantitative estimate of drug-likeness (QED) is 0.219. The first-order valence-corrected chi connectivity index (χ1v) is 12.9. The van der Waals surface area contributed by atoms with Gasteiger partial charge in [0.25, 0.3) is 11.6 Å². The number of nitrogens with zero attached hydrogens (tertiary/aromatic N) is 3. The van der Waals surface area contributed by atoms with Crippen LogP contribution in [0.3, 0.4) is 0 Å². The van der Waals surface area contributed by atoms with Gasteiger partial charge in [0, 0.05) is 22.2 Å². The molecule has 0 radical (unpaired) electrons. The molecular formula is C26H21BrClN3O5. The fourth-order valence-electron chi connectivity index (χ4n) is 6.38. The number of allylic oxidation sites excluding steroid dienone is 2. The Morgan fingerprint density at radius 1 is 1.14 bits per heavy atom. The Morgan fingerprint density at radius 2 is 1.78 bits per heavy atom. The van der Waals surface area contributed by atoms with E-state index in [4.69, 9.17) is 11.6 Å². The van der Waals surface area contributed by atoms with Crippen molar-refractivity contribution in [3.63, 3.8) is 0 Å². The van der Waals surface area contributed by atoms with Crippen LogP contribution in [0.25, 0.3) is 0 Å². The topological polar surface area (TPSA) is 101 Å². The van der Waals surface area contributed by atoms with E-state index in [9.17, 15) is 24.5 Å². The first kappa shape index (κ1) is 23.4. The van der Waals surface area contributed by atoms with Gasteiger partial charge in [0.1, 0.15) is 6.67 Å². The number of amides is 3. The van der Waals surface area contributed by atoms with E-state index >= 15 is 0 Å². The van der Waals surface area contributed by atoms with Crippen molar-refractivity contribution < 1.29 is 19.3 Å². The third kappa shape index (κ3) is 3.43. The zero-order valence-electron chi connectivity index (χ0n) is 19.1. The molecule has 2 bridgehead atoms. The van der Waals surface area contributed by atoms with Crippen molar-refractivity contribution in [2.45, 2.75) is 13.3 Å². The standard InChI is InChI=1S/C26H21BrClN3O5/c1-12-7-19(27)20(28)10-21(12)29(24(32)13-3-2-4-14(8-13)31(35)36)11-30-25(33)22-15-5-6-16(18-9-17(15)18)23(22)26(30)34/h2-8,10,15-18,22-23H,9,11H2,1H3. The second-order valence-corrected chi connectivity index (χ2v) is 11.3. The molecule has 1 saturated heterocycles. The molecule has 2 aromatic carbocycles. The van der Waals surface area contributed by atoms with Crippen LogP contribution in [0.2, 0.25) is 5.02 Å². The monoisotopic (exact) mass is 569 g/mol. The molecule has 0 spiro atoms. The van der Waals surface area contributed by atoms with Crippen molar-refractivity contribution in [3.05, 3.63) is 79.3 Å². The highest BCUT2D eigenvalue weighted by atomic mass is 79.9. The zero-order valence-corrected chi connectivity index (χ0v) is 21.5. The molecule has 1 heterocycles. The molecule has 2 saturated carbocycles. The number of anilines is 1. The SMILES string of the molecule is Cc1cc(Br)c(Cl)cc1N(CN1C(=O)C2C3C=CC(C4CC34)C2C1=O)C(=O)c1cccc([N+](=O)[O-])c1. The van der Waals surface area contributed by atoms with Crippen molar-refractivity contribution in [1.29, 1.82) is 0 Å². The lowest BCUT2D eigenvalue weighted by atomic mass is 9.63. The van der Waals surface area contributed by atoms with Crippen molar-refractivity contribution in [1.82, 2.24) is 4.90 Å². The number of hydrogen-bond donors (Lipinski definition) is 0. The molecule has 6 unspecified atom stereocenters. The van der Waals surface area contributed by atoms with Crippen LogP contribution < -0.4 is 4.90 Å². The Morgan fingerprint density at radius 3 is 2.39 bits per heavy atom. The normalized spacial score (nSPS) is 29.2. The van der Waals surface area contributed by atoms with Gasteiger partial charge in [-0.2, -0.15) is 0 Å². The molecule has 7 rings (SSSR count). The average molecular weight is 571 g/mol. The number of hydrogen-bond acceptors (Lipinski definition) is 5. The predicted octanol–water partition coefficient (Wildman–Crippen LogP) is 4.98. The molecule has 6 atom stereocenters. The number of nitro benzene ring substituents is 1. The highest BCUT2D eigenvalue weighted by Gasteiger charge is 2.67. The maximum absolute atomic E-state index is 13.8. The summed E-state index contributed by atoms with van der Waals surface area (Å²) in [5, 5.41) is 11.7. The van der Waals surface area contributed by atoms with Gasteiger partial charge in [-0.25, -0.2) is 0 Å². The van der Waals surface area contributed by atoms with Gasteiger partial charge in [0.05, 0.1) is 27.5 Å². The van der Waals surface area contributed by atoms with Gasteiger partial charge in [0.15, 0.2) is 0 Å². The second kappa shape index (κ2) is 8.24. The van der Waals surface area contributed by atoms with Gasteiger partial charge in [-0.05, 0) is 76.7 Å². The van der Waals surface area contributed by atoms with Gasteiger partial charge in [-0.3, -0.25) is 34.3 Å². The summed E-state index contributed by atoms with van der Waals surface area (Å²) in [6, 6.07) is 8.74. The van der Waals surface area contributed by atoms with Crippen molar-refractivity contribution >= 4 is 56.6 Å². The van der Waals surface area contributed by atoms with Crippen LogP contribution >= 0.6 is 27.5 Å². The van der Waals surface area contributed by atoms with Crippen LogP contribution in [0.4, 0.5) is 11.4 Å². The van der Waals surface area contributed by atoms with E-state index in [0.717, 1.165) is 6.42 Å². The molecule has 0 N–H and O–H groups in total. The number of carbonyl (C=O) groups is 3. The second-order valence-electron chi connectivity index (χ2n) is 9.99. The predicted molar refractivity (Wildman–Crippen MR) is 135 cm³/mol. The summed E-state index contributed by atoms with van der Waals surface area (Å²) in [5.41, 5.74) is 0.943. The van der Waals surface area contributed by atoms with Crippen molar-refractivity contribution in [2.75, 3.05) is 11.6 Å². The van der Waals surface area contributed by atoms with Crippen LogP contribution in [-0.4, -0.2) is 34.2 Å². The lowest BCUT2D eigenvalue weighted by Crippen LogP contribution is -2.45. The molecule has 1 aliphatic heterocycles. The minimum atomic E-state index is -0.574. The number of nitro groups is 1. The molecule has 2 aromatic rings. The smallest absolute Gasteiger partial charge is 0.270 e. The van der Waals surface area contributed by atoms with Gasteiger partial charge in [-0.1, -0.05) is 29.8 Å². The Balaban J connectivity index is 1.39. The molecule has 36 heavy (non-hydrogen) atoms. The maximum Gasteiger partial charge on any atom is 0.270 e. The van der Waals surface area contributed by atoms with E-state index < -0.39 is 10.8 Å². The molecule has 10 heteroatoms. The minimum absolute atomic E-state index is 0.0660. The zero-order chi connectivity index (χ0) is 25.5. The number of likely N-dealkylation sites (tertiary alicyclic amines) is 1. The fraction of sp³-hybridized carbons (Fsp3) is 0.346. The molecule has 184 valence electrons. The van der Waals surface area contributed by atoms with E-state index in [2.05, 4.69) is 28.1 Å². The largest absolute Gasteiger partial charge is 0.289 e. The summed E-state index contributed by atoms with van der Waals surface area (Å²) in [4.78, 5) is 54.2. The lowest BCUT2D eigenvalue weighted by molar-refractivity contribution is -0.384. The Kier molecular flexibility index (Phi) is 5.35. The van der Waals surface area contributed by atoms with Crippen LogP contribution in [0, 0.1) is 52.5 Å². The van der Waals surface area contributed by atoms with E-state index in [1.807, 2.05) is 0 Å². The number of non-ortho nitro benzene ring substituents is 1. The molecular weight excluding hydrogens is 550 g/mol. The van der Waals surface area contributed by atoms with Crippen LogP contribution in [-0.2, 0) is 9.59 Å². The van der Waals surface area contributed by atoms with Gasteiger partial charge in [0.2, 0.25) is 11.8 Å².